The van der Waals surface area contributed by atoms with Crippen molar-refractivity contribution in [2.75, 3.05) is 7.11 Å². The fourth-order valence-corrected chi connectivity index (χ4v) is 3.32. The number of rotatable bonds is 4. The first kappa shape index (κ1) is 14.2. The second-order valence-corrected chi connectivity index (χ2v) is 5.56. The quantitative estimate of drug-likeness (QED) is 0.799. The first-order chi connectivity index (χ1) is 10.2. The molecule has 0 fully saturated rings. The van der Waals surface area contributed by atoms with Gasteiger partial charge in [0.1, 0.15) is 11.9 Å². The molecule has 0 radical (unpaired) electrons. The molecule has 2 nitrogen and oxygen atoms in total. The molecule has 1 heterocycles. The van der Waals surface area contributed by atoms with Gasteiger partial charge in [-0.15, -0.1) is 0 Å². The Balaban J connectivity index is 2.04. The second-order valence-electron chi connectivity index (χ2n) is 5.56. The summed E-state index contributed by atoms with van der Waals surface area (Å²) in [6, 6.07) is 16.8. The van der Waals surface area contributed by atoms with E-state index in [-0.39, 0.29) is 11.7 Å². The van der Waals surface area contributed by atoms with Crippen molar-refractivity contribution in [1.82, 2.24) is 0 Å². The van der Waals surface area contributed by atoms with E-state index in [0.717, 1.165) is 18.6 Å². The summed E-state index contributed by atoms with van der Waals surface area (Å²) in [5, 5.41) is 0. The van der Waals surface area contributed by atoms with Gasteiger partial charge in [0.25, 0.3) is 0 Å². The highest BCUT2D eigenvalue weighted by Gasteiger charge is 2.42. The first-order valence-electron chi connectivity index (χ1n) is 7.65. The molecule has 0 N–H and O–H groups in total. The van der Waals surface area contributed by atoms with Gasteiger partial charge in [-0.2, -0.15) is 0 Å². The van der Waals surface area contributed by atoms with E-state index in [1.165, 1.54) is 16.7 Å². The number of benzene rings is 2. The van der Waals surface area contributed by atoms with Crippen molar-refractivity contribution in [3.8, 4) is 5.75 Å². The Bertz CT molecular complexity index is 612. The van der Waals surface area contributed by atoms with Crippen molar-refractivity contribution in [2.24, 2.45) is 0 Å². The minimum atomic E-state index is -0.152. The Labute approximate surface area is 126 Å². The number of hydrogen-bond donors (Lipinski definition) is 0. The molecule has 0 amide bonds. The summed E-state index contributed by atoms with van der Waals surface area (Å²) in [7, 11) is 1.69. The van der Waals surface area contributed by atoms with Crippen molar-refractivity contribution in [3.63, 3.8) is 0 Å². The molecule has 0 bridgehead atoms. The van der Waals surface area contributed by atoms with Gasteiger partial charge in [0.05, 0.1) is 12.7 Å². The molecule has 1 atom stereocenters. The second kappa shape index (κ2) is 5.53. The third-order valence-corrected chi connectivity index (χ3v) is 4.64. The molecular weight excluding hydrogens is 260 g/mol. The average molecular weight is 282 g/mol. The monoisotopic (exact) mass is 282 g/mol. The Morgan fingerprint density at radius 3 is 2.29 bits per heavy atom. The molecule has 110 valence electrons. The third kappa shape index (κ3) is 2.24. The van der Waals surface area contributed by atoms with Gasteiger partial charge < -0.3 is 9.47 Å². The molecule has 0 aromatic heterocycles. The Kier molecular flexibility index (Phi) is 3.73. The lowest BCUT2D eigenvalue weighted by Gasteiger charge is -2.28. The average Bonchev–Trinajstić information content (AvgIpc) is 2.90. The lowest BCUT2D eigenvalue weighted by molar-refractivity contribution is -0.0666. The molecular formula is C19H22O2. The van der Waals surface area contributed by atoms with E-state index in [9.17, 15) is 0 Å². The molecule has 2 aromatic rings. The van der Waals surface area contributed by atoms with Crippen LogP contribution in [-0.2, 0) is 10.3 Å². The zero-order valence-corrected chi connectivity index (χ0v) is 12.9. The molecule has 1 unspecified atom stereocenters. The zero-order valence-electron chi connectivity index (χ0n) is 12.9. The fraction of sp³-hybridized carbons (Fsp3) is 0.368. The molecule has 0 saturated heterocycles. The van der Waals surface area contributed by atoms with Crippen LogP contribution in [0.1, 0.15) is 49.5 Å². The lowest BCUT2D eigenvalue weighted by atomic mass is 9.86. The summed E-state index contributed by atoms with van der Waals surface area (Å²) < 4.78 is 11.8. The van der Waals surface area contributed by atoms with Gasteiger partial charge >= 0.3 is 0 Å². The van der Waals surface area contributed by atoms with E-state index in [1.807, 2.05) is 12.1 Å². The van der Waals surface area contributed by atoms with E-state index in [4.69, 9.17) is 9.47 Å². The highest BCUT2D eigenvalue weighted by Crippen LogP contribution is 2.49. The van der Waals surface area contributed by atoms with Crippen LogP contribution in [0.2, 0.25) is 0 Å². The van der Waals surface area contributed by atoms with Crippen LogP contribution in [0.4, 0.5) is 0 Å². The van der Waals surface area contributed by atoms with Crippen LogP contribution in [0, 0.1) is 0 Å². The predicted molar refractivity (Wildman–Crippen MR) is 84.6 cm³/mol. The first-order valence-corrected chi connectivity index (χ1v) is 7.65. The van der Waals surface area contributed by atoms with Gasteiger partial charge in [-0.3, -0.25) is 0 Å². The topological polar surface area (TPSA) is 18.5 Å². The molecule has 0 saturated carbocycles. The Morgan fingerprint density at radius 1 is 1.00 bits per heavy atom. The number of ether oxygens (including phenoxy) is 2. The van der Waals surface area contributed by atoms with Crippen molar-refractivity contribution >= 4 is 0 Å². The molecule has 21 heavy (non-hydrogen) atoms. The number of hydrogen-bond acceptors (Lipinski definition) is 2. The van der Waals surface area contributed by atoms with Crippen LogP contribution < -0.4 is 4.74 Å². The smallest absolute Gasteiger partial charge is 0.118 e. The SMILES string of the molecule is CCC1(CC)OC(c2ccc(OC)cc2)c2ccccc21. The number of methoxy groups -OCH3 is 1. The summed E-state index contributed by atoms with van der Waals surface area (Å²) in [5.41, 5.74) is 3.68. The van der Waals surface area contributed by atoms with E-state index in [0.29, 0.717) is 0 Å². The minimum Gasteiger partial charge on any atom is -0.497 e. The van der Waals surface area contributed by atoms with Crippen molar-refractivity contribution < 1.29 is 9.47 Å². The van der Waals surface area contributed by atoms with Crippen molar-refractivity contribution in [3.05, 3.63) is 65.2 Å². The van der Waals surface area contributed by atoms with E-state index in [1.54, 1.807) is 7.11 Å². The van der Waals surface area contributed by atoms with E-state index < -0.39 is 0 Å². The van der Waals surface area contributed by atoms with Crippen molar-refractivity contribution in [1.29, 1.82) is 0 Å². The summed E-state index contributed by atoms with van der Waals surface area (Å²) in [5.74, 6) is 0.877. The van der Waals surface area contributed by atoms with Gasteiger partial charge in [0.15, 0.2) is 0 Å². The van der Waals surface area contributed by atoms with Gasteiger partial charge in [-0.25, -0.2) is 0 Å². The van der Waals surface area contributed by atoms with Crippen LogP contribution in [0.15, 0.2) is 48.5 Å². The molecule has 3 rings (SSSR count). The molecule has 2 heteroatoms. The van der Waals surface area contributed by atoms with Crippen molar-refractivity contribution in [2.45, 2.75) is 38.4 Å². The molecule has 0 aliphatic carbocycles. The zero-order chi connectivity index (χ0) is 14.9. The predicted octanol–water partition coefficient (Wildman–Crippen LogP) is 4.83. The Morgan fingerprint density at radius 2 is 1.67 bits per heavy atom. The standard InChI is InChI=1S/C19H22O2/c1-4-19(5-2)17-9-7-6-8-16(17)18(21-19)14-10-12-15(20-3)13-11-14/h6-13,18H,4-5H2,1-3H3. The molecule has 2 aromatic carbocycles. The summed E-state index contributed by atoms with van der Waals surface area (Å²) in [6.45, 7) is 4.41. The van der Waals surface area contributed by atoms with E-state index in [2.05, 4.69) is 50.2 Å². The van der Waals surface area contributed by atoms with Gasteiger partial charge in [0.2, 0.25) is 0 Å². The van der Waals surface area contributed by atoms with Gasteiger partial charge in [-0.1, -0.05) is 50.2 Å². The normalized spacial score (nSPS) is 19.3. The maximum Gasteiger partial charge on any atom is 0.118 e. The summed E-state index contributed by atoms with van der Waals surface area (Å²) in [6.07, 6.45) is 2.01. The van der Waals surface area contributed by atoms with Crippen LogP contribution >= 0.6 is 0 Å². The summed E-state index contributed by atoms with van der Waals surface area (Å²) >= 11 is 0. The van der Waals surface area contributed by atoms with E-state index >= 15 is 0 Å². The number of fused-ring (bicyclic) bond motifs is 1. The third-order valence-electron chi connectivity index (χ3n) is 4.64. The summed E-state index contributed by atoms with van der Waals surface area (Å²) in [4.78, 5) is 0. The van der Waals surface area contributed by atoms with Crippen LogP contribution in [0.3, 0.4) is 0 Å². The maximum absolute atomic E-state index is 6.54. The van der Waals surface area contributed by atoms with Crippen LogP contribution in [0.25, 0.3) is 0 Å². The molecule has 1 aliphatic heterocycles. The minimum absolute atomic E-state index is 0.0204. The maximum atomic E-state index is 6.54. The highest BCUT2D eigenvalue weighted by molar-refractivity contribution is 5.44. The highest BCUT2D eigenvalue weighted by atomic mass is 16.5. The van der Waals surface area contributed by atoms with Gasteiger partial charge in [-0.05, 0) is 41.7 Å². The molecule has 0 spiro atoms. The fourth-order valence-electron chi connectivity index (χ4n) is 3.32. The lowest BCUT2D eigenvalue weighted by Crippen LogP contribution is -2.23. The van der Waals surface area contributed by atoms with Crippen LogP contribution in [0.5, 0.6) is 5.75 Å². The largest absolute Gasteiger partial charge is 0.497 e. The van der Waals surface area contributed by atoms with Crippen LogP contribution in [-0.4, -0.2) is 7.11 Å². The molecule has 1 aliphatic rings. The Hall–Kier alpha value is -1.80. The van der Waals surface area contributed by atoms with Gasteiger partial charge in [0, 0.05) is 0 Å².